The van der Waals surface area contributed by atoms with Gasteiger partial charge in [0.1, 0.15) is 6.54 Å². The molecule has 6 heteroatoms. The molecule has 4 fully saturated rings. The molecule has 4 saturated carbocycles. The quantitative estimate of drug-likeness (QED) is 0.575. The predicted octanol–water partition coefficient (Wildman–Crippen LogP) is 5.27. The lowest BCUT2D eigenvalue weighted by molar-refractivity contribution is -0.127. The highest BCUT2D eigenvalue weighted by molar-refractivity contribution is 7.13. The van der Waals surface area contributed by atoms with E-state index in [0.29, 0.717) is 12.0 Å². The Kier molecular flexibility index (Phi) is 4.67. The van der Waals surface area contributed by atoms with Crippen LogP contribution in [-0.2, 0) is 11.3 Å². The number of rotatable bonds is 6. The fourth-order valence-electron chi connectivity index (χ4n) is 7.43. The number of benzene rings is 1. The summed E-state index contributed by atoms with van der Waals surface area (Å²) < 4.78 is 2.06. The smallest absolute Gasteiger partial charge is 0.240 e. The van der Waals surface area contributed by atoms with Crippen molar-refractivity contribution < 1.29 is 4.79 Å². The zero-order chi connectivity index (χ0) is 21.0. The van der Waals surface area contributed by atoms with Crippen molar-refractivity contribution in [3.05, 3.63) is 36.0 Å². The second-order valence-corrected chi connectivity index (χ2v) is 11.1. The minimum Gasteiger partial charge on any atom is -0.351 e. The van der Waals surface area contributed by atoms with Gasteiger partial charge < -0.3 is 9.88 Å². The molecule has 1 amide bonds. The van der Waals surface area contributed by atoms with Gasteiger partial charge in [0, 0.05) is 12.2 Å². The number of carbonyl (C=O) groups excluding carboxylic acids is 1. The van der Waals surface area contributed by atoms with Crippen molar-refractivity contribution in [2.75, 3.05) is 0 Å². The number of nitrogens with zero attached hydrogens (tertiary/aromatic N) is 3. The Hall–Kier alpha value is -2.21. The predicted molar refractivity (Wildman–Crippen MR) is 124 cm³/mol. The standard InChI is InChI=1S/C25H30N4OS/c1-2-22(25-10-16-7-17(11-25)9-18(8-16)12-25)28-23(30)14-29-20-6-4-3-5-19(20)27-24(29)21-13-26-15-31-21/h3-6,13,15-18,22H,2,7-12,14H2,1H3,(H,28,30). The number of thiazole rings is 1. The molecule has 7 rings (SSSR count). The monoisotopic (exact) mass is 434 g/mol. The van der Waals surface area contributed by atoms with Crippen molar-refractivity contribution in [2.24, 2.45) is 23.2 Å². The maximum Gasteiger partial charge on any atom is 0.240 e. The Bertz CT molecular complexity index is 1070. The van der Waals surface area contributed by atoms with Crippen LogP contribution in [0.1, 0.15) is 51.9 Å². The van der Waals surface area contributed by atoms with Gasteiger partial charge in [0.2, 0.25) is 5.91 Å². The summed E-state index contributed by atoms with van der Waals surface area (Å²) in [4.78, 5) is 23.4. The van der Waals surface area contributed by atoms with E-state index in [9.17, 15) is 4.79 Å². The number of hydrogen-bond donors (Lipinski definition) is 1. The zero-order valence-electron chi connectivity index (χ0n) is 18.1. The van der Waals surface area contributed by atoms with Crippen molar-refractivity contribution in [3.63, 3.8) is 0 Å². The summed E-state index contributed by atoms with van der Waals surface area (Å²) in [5.74, 6) is 3.63. The highest BCUT2D eigenvalue weighted by atomic mass is 32.1. The summed E-state index contributed by atoms with van der Waals surface area (Å²) in [5.41, 5.74) is 4.08. The summed E-state index contributed by atoms with van der Waals surface area (Å²) in [6.07, 6.45) is 11.1. The Morgan fingerprint density at radius 2 is 1.90 bits per heavy atom. The molecule has 0 aliphatic heterocycles. The van der Waals surface area contributed by atoms with Crippen molar-refractivity contribution in [3.8, 4) is 10.7 Å². The second-order valence-electron chi connectivity index (χ2n) is 10.2. The molecule has 1 atom stereocenters. The first-order valence-electron chi connectivity index (χ1n) is 11.8. The maximum atomic E-state index is 13.4. The van der Waals surface area contributed by atoms with E-state index in [4.69, 9.17) is 4.98 Å². The SMILES string of the molecule is CCC(NC(=O)Cn1c(-c2cncs2)nc2ccccc21)C12CC3CC(CC(C3)C1)C2. The molecule has 0 saturated heterocycles. The van der Waals surface area contributed by atoms with Gasteiger partial charge in [-0.05, 0) is 80.2 Å². The number of para-hydroxylation sites is 2. The highest BCUT2D eigenvalue weighted by Gasteiger charge is 2.54. The lowest BCUT2D eigenvalue weighted by Crippen LogP contribution is -2.57. The molecule has 1 aromatic carbocycles. The molecule has 5 nitrogen and oxygen atoms in total. The van der Waals surface area contributed by atoms with Gasteiger partial charge in [-0.25, -0.2) is 4.98 Å². The molecule has 2 heterocycles. The van der Waals surface area contributed by atoms with E-state index in [-0.39, 0.29) is 11.9 Å². The summed E-state index contributed by atoms with van der Waals surface area (Å²) in [7, 11) is 0. The Morgan fingerprint density at radius 3 is 2.55 bits per heavy atom. The van der Waals surface area contributed by atoms with Crippen molar-refractivity contribution in [1.29, 1.82) is 0 Å². The van der Waals surface area contributed by atoms with Crippen LogP contribution in [0.25, 0.3) is 21.7 Å². The van der Waals surface area contributed by atoms with Gasteiger partial charge in [0.05, 0.1) is 21.4 Å². The summed E-state index contributed by atoms with van der Waals surface area (Å²) >= 11 is 1.56. The molecule has 162 valence electrons. The molecule has 1 unspecified atom stereocenters. The highest BCUT2D eigenvalue weighted by Crippen LogP contribution is 2.61. The van der Waals surface area contributed by atoms with Crippen LogP contribution in [0.4, 0.5) is 0 Å². The molecular weight excluding hydrogens is 404 g/mol. The average Bonchev–Trinajstić information content (AvgIpc) is 3.39. The van der Waals surface area contributed by atoms with Crippen LogP contribution in [0, 0.1) is 23.2 Å². The third-order valence-electron chi connectivity index (χ3n) is 8.18. The number of imidazole rings is 1. The maximum absolute atomic E-state index is 13.4. The second kappa shape index (κ2) is 7.44. The topological polar surface area (TPSA) is 59.8 Å². The van der Waals surface area contributed by atoms with Gasteiger partial charge in [-0.15, -0.1) is 11.3 Å². The number of carbonyl (C=O) groups is 1. The van der Waals surface area contributed by atoms with Crippen LogP contribution in [0.5, 0.6) is 0 Å². The first-order chi connectivity index (χ1) is 15.1. The van der Waals surface area contributed by atoms with E-state index in [2.05, 4.69) is 27.9 Å². The molecule has 0 radical (unpaired) electrons. The fraction of sp³-hybridized carbons (Fsp3) is 0.560. The zero-order valence-corrected chi connectivity index (χ0v) is 18.9. The number of nitrogens with one attached hydrogen (secondary N) is 1. The Balaban J connectivity index is 1.27. The molecule has 0 spiro atoms. The first-order valence-corrected chi connectivity index (χ1v) is 12.6. The first kappa shape index (κ1) is 19.5. The van der Waals surface area contributed by atoms with E-state index in [1.807, 2.05) is 29.9 Å². The molecule has 4 aliphatic rings. The van der Waals surface area contributed by atoms with E-state index >= 15 is 0 Å². The van der Waals surface area contributed by atoms with E-state index < -0.39 is 0 Å². The molecule has 2 aromatic heterocycles. The molecule has 4 aliphatic carbocycles. The number of aromatic nitrogens is 3. The lowest BCUT2D eigenvalue weighted by atomic mass is 9.47. The Morgan fingerprint density at radius 1 is 1.19 bits per heavy atom. The van der Waals surface area contributed by atoms with Crippen LogP contribution >= 0.6 is 11.3 Å². The van der Waals surface area contributed by atoms with Crippen LogP contribution in [0.3, 0.4) is 0 Å². The van der Waals surface area contributed by atoms with Crippen molar-refractivity contribution in [1.82, 2.24) is 19.9 Å². The molecule has 3 aromatic rings. The van der Waals surface area contributed by atoms with Crippen LogP contribution in [0.15, 0.2) is 36.0 Å². The van der Waals surface area contributed by atoms with Gasteiger partial charge in [-0.2, -0.15) is 0 Å². The molecular formula is C25H30N4OS. The molecule has 4 bridgehead atoms. The Labute approximate surface area is 187 Å². The van der Waals surface area contributed by atoms with Gasteiger partial charge >= 0.3 is 0 Å². The van der Waals surface area contributed by atoms with Gasteiger partial charge in [0.25, 0.3) is 0 Å². The van der Waals surface area contributed by atoms with Crippen LogP contribution in [0.2, 0.25) is 0 Å². The van der Waals surface area contributed by atoms with Gasteiger partial charge in [-0.1, -0.05) is 19.1 Å². The molecule has 1 N–H and O–H groups in total. The average molecular weight is 435 g/mol. The number of amides is 1. The lowest BCUT2D eigenvalue weighted by Gasteiger charge is -2.59. The van der Waals surface area contributed by atoms with E-state index in [1.54, 1.807) is 11.3 Å². The van der Waals surface area contributed by atoms with Crippen molar-refractivity contribution >= 4 is 28.3 Å². The number of fused-ring (bicyclic) bond motifs is 1. The fourth-order valence-corrected chi connectivity index (χ4v) is 8.04. The van der Waals surface area contributed by atoms with Crippen molar-refractivity contribution in [2.45, 2.75) is 64.5 Å². The van der Waals surface area contributed by atoms with Gasteiger partial charge in [0.15, 0.2) is 5.82 Å². The third-order valence-corrected chi connectivity index (χ3v) is 8.95. The third kappa shape index (κ3) is 3.30. The van der Waals surface area contributed by atoms with Crippen LogP contribution < -0.4 is 5.32 Å². The van der Waals surface area contributed by atoms with E-state index in [0.717, 1.165) is 45.9 Å². The minimum absolute atomic E-state index is 0.108. The normalized spacial score (nSPS) is 30.0. The van der Waals surface area contributed by atoms with Crippen LogP contribution in [-0.4, -0.2) is 26.5 Å². The molecule has 31 heavy (non-hydrogen) atoms. The summed E-state index contributed by atoms with van der Waals surface area (Å²) in [6.45, 7) is 2.55. The number of hydrogen-bond acceptors (Lipinski definition) is 4. The van der Waals surface area contributed by atoms with E-state index in [1.165, 1.54) is 38.5 Å². The largest absolute Gasteiger partial charge is 0.351 e. The summed E-state index contributed by atoms with van der Waals surface area (Å²) in [5, 5.41) is 3.50. The summed E-state index contributed by atoms with van der Waals surface area (Å²) in [6, 6.07) is 8.36. The minimum atomic E-state index is 0.108. The van der Waals surface area contributed by atoms with Gasteiger partial charge in [-0.3, -0.25) is 9.78 Å².